The van der Waals surface area contributed by atoms with Crippen LogP contribution >= 0.6 is 27.3 Å². The van der Waals surface area contributed by atoms with Gasteiger partial charge in [-0.15, -0.1) is 11.3 Å². The lowest BCUT2D eigenvalue weighted by molar-refractivity contribution is -0.116. The zero-order valence-electron chi connectivity index (χ0n) is 13.2. The summed E-state index contributed by atoms with van der Waals surface area (Å²) < 4.78 is 6.48. The Balaban J connectivity index is 1.89. The van der Waals surface area contributed by atoms with E-state index in [2.05, 4.69) is 20.9 Å². The number of benzene rings is 1. The highest BCUT2D eigenvalue weighted by Crippen LogP contribution is 2.31. The van der Waals surface area contributed by atoms with Crippen LogP contribution in [-0.2, 0) is 4.79 Å². The first-order valence-corrected chi connectivity index (χ1v) is 9.08. The average Bonchev–Trinajstić information content (AvgIpc) is 2.99. The molecule has 0 fully saturated rings. The van der Waals surface area contributed by atoms with Crippen molar-refractivity contribution in [1.82, 2.24) is 4.98 Å². The zero-order valence-corrected chi connectivity index (χ0v) is 15.6. The molecule has 0 spiro atoms. The third kappa shape index (κ3) is 3.27. The minimum Gasteiger partial charge on any atom is -0.488 e. The van der Waals surface area contributed by atoms with Gasteiger partial charge in [-0.25, -0.2) is 4.98 Å². The van der Waals surface area contributed by atoms with Crippen LogP contribution in [0.4, 0.5) is 5.13 Å². The topological polar surface area (TPSA) is 59.5 Å². The normalized spacial score (nSPS) is 15.1. The van der Waals surface area contributed by atoms with E-state index in [4.69, 9.17) is 4.74 Å². The average molecular weight is 407 g/mol. The second kappa shape index (κ2) is 6.86. The predicted molar refractivity (Wildman–Crippen MR) is 97.8 cm³/mol. The molecule has 0 bridgehead atoms. The zero-order chi connectivity index (χ0) is 17.3. The molecule has 0 atom stereocenters. The summed E-state index contributed by atoms with van der Waals surface area (Å²) in [6.45, 7) is 4.18. The molecule has 0 saturated carbocycles. The van der Waals surface area contributed by atoms with Gasteiger partial charge in [0, 0.05) is 28.9 Å². The van der Waals surface area contributed by atoms with Crippen LogP contribution < -0.4 is 9.64 Å². The Morgan fingerprint density at radius 2 is 2.29 bits per heavy atom. The molecule has 1 amide bonds. The molecule has 1 aliphatic rings. The maximum atomic E-state index is 12.6. The van der Waals surface area contributed by atoms with Gasteiger partial charge >= 0.3 is 0 Å². The first-order valence-electron chi connectivity index (χ1n) is 7.41. The van der Waals surface area contributed by atoms with Gasteiger partial charge in [-0.1, -0.05) is 15.9 Å². The van der Waals surface area contributed by atoms with E-state index in [0.717, 1.165) is 4.47 Å². The van der Waals surface area contributed by atoms with Crippen LogP contribution in [0.15, 0.2) is 33.6 Å². The van der Waals surface area contributed by atoms with Crippen LogP contribution in [0.2, 0.25) is 0 Å². The molecule has 0 radical (unpaired) electrons. The Morgan fingerprint density at radius 3 is 3.00 bits per heavy atom. The van der Waals surface area contributed by atoms with E-state index >= 15 is 0 Å². The maximum absolute atomic E-state index is 12.6. The van der Waals surface area contributed by atoms with Crippen molar-refractivity contribution >= 4 is 50.2 Å². The third-order valence-corrected chi connectivity index (χ3v) is 5.00. The number of ketones is 1. The Hall–Kier alpha value is -1.99. The predicted octanol–water partition coefficient (Wildman–Crippen LogP) is 3.94. The minimum absolute atomic E-state index is 0.0538. The number of fused-ring (bicyclic) bond motifs is 1. The monoisotopic (exact) mass is 406 g/mol. The SMILES string of the molecule is CCN(C(C)=O)c1nc(/C=C2\COc3ccc(Br)cc3C2=O)cs1. The number of carbonyl (C=O) groups excluding carboxylic acids is 2. The van der Waals surface area contributed by atoms with Crippen molar-refractivity contribution in [2.45, 2.75) is 13.8 Å². The number of hydrogen-bond donors (Lipinski definition) is 0. The smallest absolute Gasteiger partial charge is 0.225 e. The van der Waals surface area contributed by atoms with Crippen LogP contribution in [-0.4, -0.2) is 29.8 Å². The van der Waals surface area contributed by atoms with Crippen molar-refractivity contribution in [3.8, 4) is 5.75 Å². The minimum atomic E-state index is -0.0639. The van der Waals surface area contributed by atoms with Gasteiger partial charge in [0.25, 0.3) is 0 Å². The lowest BCUT2D eigenvalue weighted by atomic mass is 10.00. The fraction of sp³-hybridized carbons (Fsp3) is 0.235. The van der Waals surface area contributed by atoms with E-state index in [9.17, 15) is 9.59 Å². The molecule has 3 rings (SSSR count). The number of anilines is 1. The number of amides is 1. The lowest BCUT2D eigenvalue weighted by Gasteiger charge is -2.18. The fourth-order valence-corrected chi connectivity index (χ4v) is 3.70. The van der Waals surface area contributed by atoms with Gasteiger partial charge in [0.1, 0.15) is 12.4 Å². The molecule has 1 aromatic heterocycles. The van der Waals surface area contributed by atoms with Crippen LogP contribution in [0.1, 0.15) is 29.9 Å². The molecule has 7 heteroatoms. The van der Waals surface area contributed by atoms with E-state index in [1.807, 2.05) is 18.4 Å². The molecule has 24 heavy (non-hydrogen) atoms. The van der Waals surface area contributed by atoms with E-state index in [-0.39, 0.29) is 18.3 Å². The molecule has 2 aromatic rings. The van der Waals surface area contributed by atoms with E-state index < -0.39 is 0 Å². The summed E-state index contributed by atoms with van der Waals surface area (Å²) in [4.78, 5) is 30.2. The Labute approximate surface area is 152 Å². The largest absolute Gasteiger partial charge is 0.488 e. The van der Waals surface area contributed by atoms with Crippen LogP contribution in [0, 0.1) is 0 Å². The van der Waals surface area contributed by atoms with E-state index in [1.54, 1.807) is 23.1 Å². The first kappa shape index (κ1) is 16.9. The highest BCUT2D eigenvalue weighted by atomic mass is 79.9. The highest BCUT2D eigenvalue weighted by Gasteiger charge is 2.24. The second-order valence-electron chi connectivity index (χ2n) is 5.25. The van der Waals surface area contributed by atoms with E-state index in [0.29, 0.717) is 34.3 Å². The van der Waals surface area contributed by atoms with Crippen molar-refractivity contribution in [3.63, 3.8) is 0 Å². The number of aromatic nitrogens is 1. The van der Waals surface area contributed by atoms with Gasteiger partial charge in [0.05, 0.1) is 11.3 Å². The molecule has 124 valence electrons. The molecule has 1 aliphatic heterocycles. The lowest BCUT2D eigenvalue weighted by Crippen LogP contribution is -2.27. The highest BCUT2D eigenvalue weighted by molar-refractivity contribution is 9.10. The van der Waals surface area contributed by atoms with Gasteiger partial charge < -0.3 is 4.74 Å². The standard InChI is InChI=1S/C17H15BrN2O3S/c1-3-20(10(2)21)17-19-13(9-24-17)6-11-8-23-15-5-4-12(18)7-14(15)16(11)22/h4-7,9H,3,8H2,1-2H3/b11-6+. The van der Waals surface area contributed by atoms with Gasteiger partial charge in [0.2, 0.25) is 5.91 Å². The number of nitrogens with zero attached hydrogens (tertiary/aromatic N) is 2. The molecule has 1 aromatic carbocycles. The Morgan fingerprint density at radius 1 is 1.50 bits per heavy atom. The van der Waals surface area contributed by atoms with Gasteiger partial charge in [-0.2, -0.15) is 0 Å². The summed E-state index contributed by atoms with van der Waals surface area (Å²) in [5.74, 6) is 0.473. The molecular formula is C17H15BrN2O3S. The molecule has 5 nitrogen and oxygen atoms in total. The molecule has 0 unspecified atom stereocenters. The molecular weight excluding hydrogens is 392 g/mol. The number of rotatable bonds is 3. The van der Waals surface area contributed by atoms with Gasteiger partial charge in [-0.3, -0.25) is 14.5 Å². The van der Waals surface area contributed by atoms with Crippen LogP contribution in [0.5, 0.6) is 5.75 Å². The fourth-order valence-electron chi connectivity index (χ4n) is 2.44. The number of hydrogen-bond acceptors (Lipinski definition) is 5. The second-order valence-corrected chi connectivity index (χ2v) is 7.00. The van der Waals surface area contributed by atoms with Crippen LogP contribution in [0.3, 0.4) is 0 Å². The molecule has 2 heterocycles. The summed E-state index contributed by atoms with van der Waals surface area (Å²) in [6.07, 6.45) is 1.72. The number of halogens is 1. The Bertz CT molecular complexity index is 844. The number of carbonyl (C=O) groups is 2. The summed E-state index contributed by atoms with van der Waals surface area (Å²) in [7, 11) is 0. The quantitative estimate of drug-likeness (QED) is 0.724. The van der Waals surface area contributed by atoms with E-state index in [1.165, 1.54) is 18.3 Å². The van der Waals surface area contributed by atoms with Crippen molar-refractivity contribution in [2.24, 2.45) is 0 Å². The van der Waals surface area contributed by atoms with Crippen LogP contribution in [0.25, 0.3) is 6.08 Å². The van der Waals surface area contributed by atoms with Crippen molar-refractivity contribution in [2.75, 3.05) is 18.1 Å². The van der Waals surface area contributed by atoms with Crippen molar-refractivity contribution in [3.05, 3.63) is 44.9 Å². The van der Waals surface area contributed by atoms with Crippen molar-refractivity contribution < 1.29 is 14.3 Å². The summed E-state index contributed by atoms with van der Waals surface area (Å²) in [6, 6.07) is 5.38. The molecule has 0 saturated heterocycles. The van der Waals surface area contributed by atoms with Gasteiger partial charge in [0.15, 0.2) is 10.9 Å². The number of ether oxygens (including phenoxy) is 1. The number of thiazole rings is 1. The van der Waals surface area contributed by atoms with Crippen molar-refractivity contribution in [1.29, 1.82) is 0 Å². The molecule has 0 N–H and O–H groups in total. The summed E-state index contributed by atoms with van der Waals surface area (Å²) in [5, 5.41) is 2.46. The maximum Gasteiger partial charge on any atom is 0.225 e. The number of Topliss-reactive ketones (excluding diaryl/α,β-unsaturated/α-hetero) is 1. The summed E-state index contributed by atoms with van der Waals surface area (Å²) >= 11 is 4.75. The Kier molecular flexibility index (Phi) is 4.82. The van der Waals surface area contributed by atoms with Gasteiger partial charge in [-0.05, 0) is 31.2 Å². The summed E-state index contributed by atoms with van der Waals surface area (Å²) in [5.41, 5.74) is 1.74. The molecule has 0 aliphatic carbocycles. The first-order chi connectivity index (χ1) is 11.5. The third-order valence-electron chi connectivity index (χ3n) is 3.62.